The molecule has 1 saturated heterocycles. The largest absolute Gasteiger partial charge is 0.314 e. The molecule has 1 heterocycles. The predicted molar refractivity (Wildman–Crippen MR) is 83.2 cm³/mol. The van der Waals surface area contributed by atoms with Gasteiger partial charge in [-0.05, 0) is 57.4 Å². The van der Waals surface area contributed by atoms with Crippen molar-refractivity contribution in [3.8, 4) is 0 Å². The first-order valence-corrected chi connectivity index (χ1v) is 9.79. The molecule has 2 aliphatic rings. The molecule has 4 nitrogen and oxygen atoms in total. The number of hydrogen-bond acceptors (Lipinski definition) is 3. The van der Waals surface area contributed by atoms with Crippen molar-refractivity contribution < 1.29 is 8.42 Å². The topological polar surface area (TPSA) is 49.4 Å². The maximum absolute atomic E-state index is 12.5. The quantitative estimate of drug-likeness (QED) is 0.848. The summed E-state index contributed by atoms with van der Waals surface area (Å²) < 4.78 is 26.6. The lowest BCUT2D eigenvalue weighted by molar-refractivity contribution is 0.245. The van der Waals surface area contributed by atoms with Crippen LogP contribution >= 0.6 is 0 Å². The fraction of sp³-hybridized carbons (Fsp3) is 1.00. The Bertz CT molecular complexity index is 383. The molecule has 1 unspecified atom stereocenters. The van der Waals surface area contributed by atoms with Crippen LogP contribution in [0.3, 0.4) is 0 Å². The van der Waals surface area contributed by atoms with Crippen LogP contribution in [0.2, 0.25) is 0 Å². The van der Waals surface area contributed by atoms with Gasteiger partial charge in [0.05, 0.1) is 5.75 Å². The van der Waals surface area contributed by atoms with Gasteiger partial charge >= 0.3 is 0 Å². The van der Waals surface area contributed by atoms with Gasteiger partial charge in [0.25, 0.3) is 0 Å². The molecule has 2 fully saturated rings. The van der Waals surface area contributed by atoms with Gasteiger partial charge in [0.2, 0.25) is 10.0 Å². The summed E-state index contributed by atoms with van der Waals surface area (Å²) in [6.07, 6.45) is 8.72. The monoisotopic (exact) mass is 302 g/mol. The second-order valence-corrected chi connectivity index (χ2v) is 8.83. The summed E-state index contributed by atoms with van der Waals surface area (Å²) in [4.78, 5) is 0. The Morgan fingerprint density at radius 3 is 2.40 bits per heavy atom. The first-order chi connectivity index (χ1) is 9.49. The molecular weight excluding hydrogens is 272 g/mol. The highest BCUT2D eigenvalue weighted by molar-refractivity contribution is 7.89. The third-order valence-electron chi connectivity index (χ3n) is 5.08. The van der Waals surface area contributed by atoms with Crippen LogP contribution in [0.15, 0.2) is 0 Å². The Hall–Kier alpha value is -0.130. The van der Waals surface area contributed by atoms with Gasteiger partial charge < -0.3 is 5.32 Å². The molecule has 0 aromatic carbocycles. The lowest BCUT2D eigenvalue weighted by Gasteiger charge is -2.33. The fourth-order valence-corrected chi connectivity index (χ4v) is 4.97. The van der Waals surface area contributed by atoms with E-state index < -0.39 is 10.0 Å². The summed E-state index contributed by atoms with van der Waals surface area (Å²) in [5.74, 6) is 1.06. The van der Waals surface area contributed by atoms with Crippen LogP contribution < -0.4 is 5.32 Å². The number of sulfonamides is 1. The molecular formula is C15H30N2O2S. The average Bonchev–Trinajstić information content (AvgIpc) is 2.46. The van der Waals surface area contributed by atoms with E-state index in [0.29, 0.717) is 11.8 Å². The zero-order chi connectivity index (χ0) is 14.6. The van der Waals surface area contributed by atoms with Crippen molar-refractivity contribution in [1.82, 2.24) is 9.62 Å². The normalized spacial score (nSPS) is 32.5. The lowest BCUT2D eigenvalue weighted by Crippen LogP contribution is -2.42. The summed E-state index contributed by atoms with van der Waals surface area (Å²) in [5, 5.41) is 3.43. The van der Waals surface area contributed by atoms with Crippen molar-refractivity contribution >= 4 is 10.0 Å². The summed E-state index contributed by atoms with van der Waals surface area (Å²) in [7, 11) is -1.30. The van der Waals surface area contributed by atoms with Crippen molar-refractivity contribution in [3.05, 3.63) is 0 Å². The van der Waals surface area contributed by atoms with E-state index in [1.807, 2.05) is 0 Å². The zero-order valence-corrected chi connectivity index (χ0v) is 13.8. The molecule has 1 aliphatic carbocycles. The molecule has 1 aliphatic heterocycles. The van der Waals surface area contributed by atoms with Crippen LogP contribution in [-0.2, 0) is 10.0 Å². The van der Waals surface area contributed by atoms with Crippen molar-refractivity contribution in [2.45, 2.75) is 70.4 Å². The van der Waals surface area contributed by atoms with E-state index in [-0.39, 0.29) is 6.04 Å². The van der Waals surface area contributed by atoms with Crippen molar-refractivity contribution in [2.75, 3.05) is 19.3 Å². The Labute approximate surface area is 124 Å². The SMILES string of the molecule is CC1CCC(N(C)S(=O)(=O)CCC2CCCCN2)CC1. The van der Waals surface area contributed by atoms with Gasteiger partial charge in [-0.25, -0.2) is 12.7 Å². The molecule has 2 rings (SSSR count). The minimum Gasteiger partial charge on any atom is -0.314 e. The highest BCUT2D eigenvalue weighted by Crippen LogP contribution is 2.28. The van der Waals surface area contributed by atoms with Gasteiger partial charge in [-0.1, -0.05) is 13.3 Å². The summed E-state index contributed by atoms with van der Waals surface area (Å²) in [5.41, 5.74) is 0. The molecule has 0 radical (unpaired) electrons. The maximum Gasteiger partial charge on any atom is 0.214 e. The minimum absolute atomic E-state index is 0.232. The zero-order valence-electron chi connectivity index (χ0n) is 13.0. The Kier molecular flexibility index (Phi) is 5.87. The van der Waals surface area contributed by atoms with E-state index in [2.05, 4.69) is 12.2 Å². The first kappa shape index (κ1) is 16.2. The lowest BCUT2D eigenvalue weighted by atomic mass is 9.87. The Morgan fingerprint density at radius 2 is 1.80 bits per heavy atom. The average molecular weight is 302 g/mol. The van der Waals surface area contributed by atoms with Gasteiger partial charge in [-0.15, -0.1) is 0 Å². The van der Waals surface area contributed by atoms with Gasteiger partial charge in [-0.2, -0.15) is 0 Å². The van der Waals surface area contributed by atoms with E-state index in [1.54, 1.807) is 11.4 Å². The fourth-order valence-electron chi connectivity index (χ4n) is 3.44. The van der Waals surface area contributed by atoms with E-state index in [9.17, 15) is 8.42 Å². The van der Waals surface area contributed by atoms with Crippen LogP contribution in [0.4, 0.5) is 0 Å². The third-order valence-corrected chi connectivity index (χ3v) is 7.00. The van der Waals surface area contributed by atoms with Gasteiger partial charge in [-0.3, -0.25) is 0 Å². The van der Waals surface area contributed by atoms with Gasteiger partial charge in [0.15, 0.2) is 0 Å². The first-order valence-electron chi connectivity index (χ1n) is 8.18. The van der Waals surface area contributed by atoms with Crippen molar-refractivity contribution in [3.63, 3.8) is 0 Å². The van der Waals surface area contributed by atoms with E-state index in [4.69, 9.17) is 0 Å². The molecule has 0 spiro atoms. The van der Waals surface area contributed by atoms with Crippen molar-refractivity contribution in [1.29, 1.82) is 0 Å². The van der Waals surface area contributed by atoms with Crippen LogP contribution in [0.25, 0.3) is 0 Å². The van der Waals surface area contributed by atoms with E-state index in [0.717, 1.165) is 51.0 Å². The standard InChI is InChI=1S/C15H30N2O2S/c1-13-6-8-15(9-7-13)17(2)20(18,19)12-10-14-5-3-4-11-16-14/h13-16H,3-12H2,1-2H3. The number of rotatable bonds is 5. The molecule has 1 N–H and O–H groups in total. The molecule has 1 saturated carbocycles. The summed E-state index contributed by atoms with van der Waals surface area (Å²) in [6.45, 7) is 3.31. The van der Waals surface area contributed by atoms with Gasteiger partial charge in [0.1, 0.15) is 0 Å². The van der Waals surface area contributed by atoms with Crippen LogP contribution in [0.5, 0.6) is 0 Å². The Balaban J connectivity index is 1.82. The highest BCUT2D eigenvalue weighted by atomic mass is 32.2. The molecule has 0 aromatic heterocycles. The smallest absolute Gasteiger partial charge is 0.214 e. The minimum atomic E-state index is -3.08. The maximum atomic E-state index is 12.5. The highest BCUT2D eigenvalue weighted by Gasteiger charge is 2.29. The molecule has 0 bridgehead atoms. The second-order valence-electron chi connectivity index (χ2n) is 6.68. The number of nitrogens with zero attached hydrogens (tertiary/aromatic N) is 1. The summed E-state index contributed by atoms with van der Waals surface area (Å²) in [6, 6.07) is 0.633. The second kappa shape index (κ2) is 7.23. The van der Waals surface area contributed by atoms with Crippen LogP contribution in [-0.4, -0.2) is 44.2 Å². The summed E-state index contributed by atoms with van der Waals surface area (Å²) >= 11 is 0. The van der Waals surface area contributed by atoms with E-state index >= 15 is 0 Å². The number of piperidine rings is 1. The third kappa shape index (κ3) is 4.43. The van der Waals surface area contributed by atoms with Crippen LogP contribution in [0, 0.1) is 5.92 Å². The molecule has 5 heteroatoms. The van der Waals surface area contributed by atoms with Crippen LogP contribution in [0.1, 0.15) is 58.3 Å². The molecule has 118 valence electrons. The van der Waals surface area contributed by atoms with E-state index in [1.165, 1.54) is 12.8 Å². The number of nitrogens with one attached hydrogen (secondary N) is 1. The number of hydrogen-bond donors (Lipinski definition) is 1. The molecule has 0 amide bonds. The predicted octanol–water partition coefficient (Wildman–Crippen LogP) is 2.36. The Morgan fingerprint density at radius 1 is 1.10 bits per heavy atom. The molecule has 1 atom stereocenters. The molecule has 20 heavy (non-hydrogen) atoms. The van der Waals surface area contributed by atoms with Crippen molar-refractivity contribution in [2.24, 2.45) is 5.92 Å². The molecule has 0 aromatic rings. The van der Waals surface area contributed by atoms with Gasteiger partial charge in [0, 0.05) is 19.1 Å².